The van der Waals surface area contributed by atoms with Crippen molar-refractivity contribution in [3.8, 4) is 0 Å². The lowest BCUT2D eigenvalue weighted by atomic mass is 9.92. The molecule has 0 bridgehead atoms. The van der Waals surface area contributed by atoms with Crippen molar-refractivity contribution in [3.05, 3.63) is 17.5 Å². The number of imide groups is 1. The molecule has 0 N–H and O–H groups in total. The van der Waals surface area contributed by atoms with Crippen LogP contribution in [0.5, 0.6) is 0 Å². The number of rotatable bonds is 5. The highest BCUT2D eigenvalue weighted by Crippen LogP contribution is 2.30. The van der Waals surface area contributed by atoms with E-state index in [1.807, 2.05) is 27.7 Å². The molecule has 28 heavy (non-hydrogen) atoms. The molecule has 0 spiro atoms. The molecule has 1 aromatic rings. The van der Waals surface area contributed by atoms with E-state index in [0.29, 0.717) is 31.8 Å². The molecule has 9 heteroatoms. The van der Waals surface area contributed by atoms with Crippen molar-refractivity contribution in [2.24, 2.45) is 5.41 Å². The van der Waals surface area contributed by atoms with E-state index < -0.39 is 6.04 Å². The number of urea groups is 1. The number of carbonyl (C=O) groups is 3. The average molecular weight is 391 g/mol. The van der Waals surface area contributed by atoms with Gasteiger partial charge in [-0.1, -0.05) is 13.8 Å². The fraction of sp³-hybridized carbons (Fsp3) is 0.684. The SMILES string of the molecule is CCn1ncc(C(=O)N2CC3C(=O)N(CCOC)C(=O)N3CC(C)(C)C2)c1C. The number of methoxy groups -OCH3 is 1. The van der Waals surface area contributed by atoms with Gasteiger partial charge in [-0.15, -0.1) is 0 Å². The van der Waals surface area contributed by atoms with Crippen LogP contribution in [-0.2, 0) is 16.1 Å². The number of aromatic nitrogens is 2. The number of fused-ring (bicyclic) bond motifs is 1. The Balaban J connectivity index is 1.89. The molecule has 3 heterocycles. The van der Waals surface area contributed by atoms with Crippen molar-refractivity contribution in [2.45, 2.75) is 40.3 Å². The van der Waals surface area contributed by atoms with Gasteiger partial charge in [-0.25, -0.2) is 4.79 Å². The van der Waals surface area contributed by atoms with Crippen LogP contribution in [0.1, 0.15) is 36.8 Å². The molecule has 154 valence electrons. The molecule has 1 unspecified atom stereocenters. The third kappa shape index (κ3) is 3.50. The smallest absolute Gasteiger partial charge is 0.327 e. The van der Waals surface area contributed by atoms with Gasteiger partial charge in [-0.05, 0) is 13.8 Å². The minimum absolute atomic E-state index is 0.150. The molecule has 0 aliphatic carbocycles. The summed E-state index contributed by atoms with van der Waals surface area (Å²) in [6, 6.07) is -0.957. The molecule has 3 rings (SSSR count). The van der Waals surface area contributed by atoms with Crippen LogP contribution in [0.4, 0.5) is 4.79 Å². The summed E-state index contributed by atoms with van der Waals surface area (Å²) >= 11 is 0. The van der Waals surface area contributed by atoms with E-state index >= 15 is 0 Å². The summed E-state index contributed by atoms with van der Waals surface area (Å²) in [4.78, 5) is 43.5. The predicted octanol–water partition coefficient (Wildman–Crippen LogP) is 0.973. The molecular weight excluding hydrogens is 362 g/mol. The molecule has 2 saturated heterocycles. The van der Waals surface area contributed by atoms with Crippen molar-refractivity contribution >= 4 is 17.8 Å². The standard InChI is InChI=1S/C19H29N5O4/c1-6-24-13(2)14(9-20-24)16(25)21-10-15-17(26)22(7-8-28-5)18(27)23(15)12-19(3,4)11-21/h9,15H,6-8,10-12H2,1-5H3. The van der Waals surface area contributed by atoms with Crippen LogP contribution in [0.25, 0.3) is 0 Å². The molecular formula is C19H29N5O4. The maximum atomic E-state index is 13.2. The van der Waals surface area contributed by atoms with Gasteiger partial charge in [-0.3, -0.25) is 19.2 Å². The third-order valence-electron chi connectivity index (χ3n) is 5.45. The number of hydrogen-bond donors (Lipinski definition) is 0. The first-order valence-electron chi connectivity index (χ1n) is 9.62. The molecule has 2 fully saturated rings. The van der Waals surface area contributed by atoms with E-state index in [-0.39, 0.29) is 36.3 Å². The van der Waals surface area contributed by atoms with Gasteiger partial charge in [0.25, 0.3) is 11.8 Å². The average Bonchev–Trinajstić information content (AvgIpc) is 3.05. The molecule has 2 aliphatic heterocycles. The van der Waals surface area contributed by atoms with Crippen molar-refractivity contribution < 1.29 is 19.1 Å². The Bertz CT molecular complexity index is 787. The summed E-state index contributed by atoms with van der Waals surface area (Å²) in [6.45, 7) is 10.1. The summed E-state index contributed by atoms with van der Waals surface area (Å²) in [7, 11) is 1.53. The van der Waals surface area contributed by atoms with Gasteiger partial charge in [0, 0.05) is 37.9 Å². The maximum absolute atomic E-state index is 13.2. The highest BCUT2D eigenvalue weighted by Gasteiger charge is 2.50. The number of amides is 4. The molecule has 0 saturated carbocycles. The number of carbonyl (C=O) groups excluding carboxylic acids is 3. The van der Waals surface area contributed by atoms with E-state index in [4.69, 9.17) is 4.74 Å². The summed E-state index contributed by atoms with van der Waals surface area (Å²) in [5, 5.41) is 4.26. The lowest BCUT2D eigenvalue weighted by Crippen LogP contribution is -2.44. The van der Waals surface area contributed by atoms with Crippen molar-refractivity contribution in [1.82, 2.24) is 24.5 Å². The summed E-state index contributed by atoms with van der Waals surface area (Å²) in [6.07, 6.45) is 1.59. The van der Waals surface area contributed by atoms with E-state index in [0.717, 1.165) is 5.69 Å². The van der Waals surface area contributed by atoms with Crippen LogP contribution in [0.3, 0.4) is 0 Å². The molecule has 2 aliphatic rings. The van der Waals surface area contributed by atoms with Gasteiger partial charge in [0.15, 0.2) is 0 Å². The second-order valence-electron chi connectivity index (χ2n) is 8.22. The van der Waals surface area contributed by atoms with Crippen molar-refractivity contribution in [1.29, 1.82) is 0 Å². The Kier molecular flexibility index (Phi) is 5.47. The first kappa shape index (κ1) is 20.3. The summed E-state index contributed by atoms with van der Waals surface area (Å²) in [5.41, 5.74) is 1.01. The lowest BCUT2D eigenvalue weighted by molar-refractivity contribution is -0.128. The van der Waals surface area contributed by atoms with Gasteiger partial charge >= 0.3 is 6.03 Å². The predicted molar refractivity (Wildman–Crippen MR) is 102 cm³/mol. The molecule has 0 aromatic carbocycles. The zero-order valence-electron chi connectivity index (χ0n) is 17.3. The first-order chi connectivity index (χ1) is 13.2. The highest BCUT2D eigenvalue weighted by atomic mass is 16.5. The summed E-state index contributed by atoms with van der Waals surface area (Å²) < 4.78 is 6.80. The van der Waals surface area contributed by atoms with E-state index in [1.54, 1.807) is 20.7 Å². The highest BCUT2D eigenvalue weighted by molar-refractivity contribution is 6.05. The van der Waals surface area contributed by atoms with Gasteiger partial charge in [0.1, 0.15) is 6.04 Å². The van der Waals surface area contributed by atoms with Crippen molar-refractivity contribution in [3.63, 3.8) is 0 Å². The molecule has 1 atom stereocenters. The zero-order chi connectivity index (χ0) is 20.6. The molecule has 9 nitrogen and oxygen atoms in total. The Labute approximate surface area is 165 Å². The Morgan fingerprint density at radius 1 is 1.32 bits per heavy atom. The number of aryl methyl sites for hydroxylation is 1. The fourth-order valence-corrected chi connectivity index (χ4v) is 4.04. The maximum Gasteiger partial charge on any atom is 0.327 e. The van der Waals surface area contributed by atoms with Crippen LogP contribution in [-0.4, -0.2) is 88.3 Å². The van der Waals surface area contributed by atoms with Crippen LogP contribution in [0, 0.1) is 12.3 Å². The van der Waals surface area contributed by atoms with Gasteiger partial charge in [-0.2, -0.15) is 5.10 Å². The van der Waals surface area contributed by atoms with Crippen LogP contribution < -0.4 is 0 Å². The zero-order valence-corrected chi connectivity index (χ0v) is 17.3. The van der Waals surface area contributed by atoms with Crippen LogP contribution in [0.15, 0.2) is 6.20 Å². The van der Waals surface area contributed by atoms with Crippen LogP contribution in [0.2, 0.25) is 0 Å². The van der Waals surface area contributed by atoms with E-state index in [9.17, 15) is 14.4 Å². The molecule has 1 aromatic heterocycles. The first-order valence-corrected chi connectivity index (χ1v) is 9.62. The fourth-order valence-electron chi connectivity index (χ4n) is 4.04. The topological polar surface area (TPSA) is 88.0 Å². The molecule has 4 amide bonds. The number of hydrogen-bond acceptors (Lipinski definition) is 5. The minimum Gasteiger partial charge on any atom is -0.383 e. The second kappa shape index (κ2) is 7.54. The van der Waals surface area contributed by atoms with E-state index in [1.165, 1.54) is 12.0 Å². The monoisotopic (exact) mass is 391 g/mol. The van der Waals surface area contributed by atoms with Crippen molar-refractivity contribution in [2.75, 3.05) is 39.9 Å². The number of nitrogens with zero attached hydrogens (tertiary/aromatic N) is 5. The Morgan fingerprint density at radius 3 is 2.64 bits per heavy atom. The van der Waals surface area contributed by atoms with Gasteiger partial charge in [0.2, 0.25) is 0 Å². The Hall–Kier alpha value is -2.42. The third-order valence-corrected chi connectivity index (χ3v) is 5.45. The quantitative estimate of drug-likeness (QED) is 0.698. The summed E-state index contributed by atoms with van der Waals surface area (Å²) in [5.74, 6) is -0.416. The van der Waals surface area contributed by atoms with E-state index in [2.05, 4.69) is 5.10 Å². The largest absolute Gasteiger partial charge is 0.383 e. The lowest BCUT2D eigenvalue weighted by Gasteiger charge is -2.30. The van der Waals surface area contributed by atoms with Crippen LogP contribution >= 0.6 is 0 Å². The Morgan fingerprint density at radius 2 is 2.04 bits per heavy atom. The minimum atomic E-state index is -0.656. The van der Waals surface area contributed by atoms with Gasteiger partial charge < -0.3 is 14.5 Å². The number of ether oxygens (including phenoxy) is 1. The normalized spacial score (nSPS) is 21.9. The second-order valence-corrected chi connectivity index (χ2v) is 8.22. The van der Waals surface area contributed by atoms with Gasteiger partial charge in [0.05, 0.1) is 31.5 Å². The molecule has 0 radical (unpaired) electrons.